The standard InChI is InChI=1S/C14H24O6S2.Na/c1-5-21-13(22-6-2)11-10(19-14(3,4)20-11)8(15)7-9(16)12(17)18;/h8,10-11,13,15H,5-7H2,1-4H3,(H,17,18);/q;+1/p-1/t8-,10+,11+;/m0./s1. The van der Waals surface area contributed by atoms with E-state index >= 15 is 0 Å². The molecular weight excluding hydrogens is 351 g/mol. The van der Waals surface area contributed by atoms with Gasteiger partial charge < -0.3 is 24.5 Å². The quantitative estimate of drug-likeness (QED) is 0.267. The van der Waals surface area contributed by atoms with Gasteiger partial charge in [-0.3, -0.25) is 4.79 Å². The van der Waals surface area contributed by atoms with Crippen LogP contribution in [-0.2, 0) is 19.1 Å². The normalized spacial score (nSPS) is 24.3. The Labute approximate surface area is 167 Å². The first kappa shape index (κ1) is 23.7. The Kier molecular flexibility index (Phi) is 11.0. The molecule has 0 aromatic carbocycles. The van der Waals surface area contributed by atoms with E-state index in [1.165, 1.54) is 0 Å². The summed E-state index contributed by atoms with van der Waals surface area (Å²) in [6.45, 7) is 7.52. The summed E-state index contributed by atoms with van der Waals surface area (Å²) in [7, 11) is 0. The van der Waals surface area contributed by atoms with Crippen LogP contribution in [0.25, 0.3) is 0 Å². The number of aliphatic hydroxyl groups is 1. The van der Waals surface area contributed by atoms with E-state index < -0.39 is 42.3 Å². The van der Waals surface area contributed by atoms with Gasteiger partial charge in [-0.25, -0.2) is 0 Å². The van der Waals surface area contributed by atoms with E-state index in [0.29, 0.717) is 0 Å². The summed E-state index contributed by atoms with van der Waals surface area (Å²) < 4.78 is 11.6. The number of ether oxygens (including phenoxy) is 2. The molecular formula is C14H23NaO6S2. The van der Waals surface area contributed by atoms with E-state index in [9.17, 15) is 19.8 Å². The first-order chi connectivity index (χ1) is 10.2. The van der Waals surface area contributed by atoms with Crippen molar-refractivity contribution < 1.29 is 58.8 Å². The Hall–Kier alpha value is 0.720. The summed E-state index contributed by atoms with van der Waals surface area (Å²) in [6, 6.07) is 0. The number of thioether (sulfide) groups is 2. The zero-order chi connectivity index (χ0) is 16.9. The minimum atomic E-state index is -1.80. The third-order valence-electron chi connectivity index (χ3n) is 3.10. The molecule has 0 radical (unpaired) electrons. The SMILES string of the molecule is CCSC(SCC)[C@@H]1OC(C)(C)O[C@@H]1[C@@H](O)CC(=O)C(=O)[O-].[Na+]. The average molecular weight is 374 g/mol. The third-order valence-corrected chi connectivity index (χ3v) is 5.77. The van der Waals surface area contributed by atoms with Crippen LogP contribution in [0, 0.1) is 0 Å². The van der Waals surface area contributed by atoms with Crippen LogP contribution in [0.15, 0.2) is 0 Å². The topological polar surface area (TPSA) is 95.9 Å². The average Bonchev–Trinajstić information content (AvgIpc) is 2.74. The molecule has 23 heavy (non-hydrogen) atoms. The molecule has 1 N–H and O–H groups in total. The molecule has 0 aromatic heterocycles. The summed E-state index contributed by atoms with van der Waals surface area (Å²) in [5.74, 6) is -2.07. The molecule has 0 bridgehead atoms. The molecule has 9 heteroatoms. The van der Waals surface area contributed by atoms with Crippen molar-refractivity contribution in [1.82, 2.24) is 0 Å². The molecule has 1 fully saturated rings. The van der Waals surface area contributed by atoms with E-state index in [1.807, 2.05) is 13.8 Å². The maximum atomic E-state index is 11.3. The Morgan fingerprint density at radius 3 is 2.09 bits per heavy atom. The van der Waals surface area contributed by atoms with Crippen molar-refractivity contribution in [2.45, 2.75) is 62.8 Å². The fourth-order valence-corrected chi connectivity index (χ4v) is 4.94. The summed E-state index contributed by atoms with van der Waals surface area (Å²) in [4.78, 5) is 21.8. The van der Waals surface area contributed by atoms with E-state index in [1.54, 1.807) is 37.4 Å². The number of carboxylic acids is 1. The first-order valence-corrected chi connectivity index (χ1v) is 9.32. The van der Waals surface area contributed by atoms with Gasteiger partial charge in [0.1, 0.15) is 18.2 Å². The van der Waals surface area contributed by atoms with Gasteiger partial charge in [0.05, 0.1) is 10.7 Å². The van der Waals surface area contributed by atoms with E-state index in [0.717, 1.165) is 11.5 Å². The van der Waals surface area contributed by atoms with Crippen molar-refractivity contribution in [2.75, 3.05) is 11.5 Å². The van der Waals surface area contributed by atoms with Crippen LogP contribution in [0.5, 0.6) is 0 Å². The number of hydrogen-bond donors (Lipinski definition) is 1. The second kappa shape index (κ2) is 10.7. The number of aliphatic hydroxyl groups excluding tert-OH is 1. The van der Waals surface area contributed by atoms with Gasteiger partial charge in [-0.15, -0.1) is 23.5 Å². The number of ketones is 1. The van der Waals surface area contributed by atoms with Crippen molar-refractivity contribution in [1.29, 1.82) is 0 Å². The molecule has 1 rings (SSSR count). The van der Waals surface area contributed by atoms with Crippen molar-refractivity contribution >= 4 is 35.3 Å². The predicted molar refractivity (Wildman–Crippen MR) is 84.5 cm³/mol. The molecule has 0 spiro atoms. The number of carbonyl (C=O) groups is 2. The predicted octanol–water partition coefficient (Wildman–Crippen LogP) is -2.59. The molecule has 0 amide bonds. The van der Waals surface area contributed by atoms with Gasteiger partial charge in [0.25, 0.3) is 0 Å². The Bertz CT molecular complexity index is 401. The molecule has 6 nitrogen and oxygen atoms in total. The maximum absolute atomic E-state index is 11.3. The van der Waals surface area contributed by atoms with Gasteiger partial charge in [-0.2, -0.15) is 0 Å². The molecule has 0 saturated carbocycles. The maximum Gasteiger partial charge on any atom is 1.00 e. The van der Waals surface area contributed by atoms with Crippen LogP contribution >= 0.6 is 23.5 Å². The largest absolute Gasteiger partial charge is 1.00 e. The summed E-state index contributed by atoms with van der Waals surface area (Å²) in [5.41, 5.74) is 0. The smallest absolute Gasteiger partial charge is 0.542 e. The Morgan fingerprint density at radius 1 is 1.17 bits per heavy atom. The second-order valence-corrected chi connectivity index (χ2v) is 8.46. The number of carboxylic acid groups (broad SMARTS) is 1. The van der Waals surface area contributed by atoms with E-state index in [4.69, 9.17) is 9.47 Å². The van der Waals surface area contributed by atoms with Crippen LogP contribution in [0.1, 0.15) is 34.1 Å². The van der Waals surface area contributed by atoms with Crippen LogP contribution in [0.2, 0.25) is 0 Å². The molecule has 3 atom stereocenters. The number of rotatable bonds is 9. The number of Topliss-reactive ketones (excluding diaryl/α,β-unsaturated/α-hetero) is 1. The third kappa shape index (κ3) is 7.23. The van der Waals surface area contributed by atoms with Gasteiger partial charge in [-0.05, 0) is 25.4 Å². The summed E-state index contributed by atoms with van der Waals surface area (Å²) >= 11 is 3.36. The first-order valence-electron chi connectivity index (χ1n) is 7.22. The second-order valence-electron chi connectivity index (χ2n) is 5.33. The Morgan fingerprint density at radius 2 is 1.65 bits per heavy atom. The minimum Gasteiger partial charge on any atom is -0.542 e. The van der Waals surface area contributed by atoms with Crippen LogP contribution in [0.3, 0.4) is 0 Å². The summed E-state index contributed by atoms with van der Waals surface area (Å²) in [5, 5.41) is 20.8. The molecule has 128 valence electrons. The van der Waals surface area contributed by atoms with Crippen molar-refractivity contribution in [3.05, 3.63) is 0 Å². The number of carbonyl (C=O) groups excluding carboxylic acids is 2. The zero-order valence-corrected chi connectivity index (χ0v) is 17.9. The van der Waals surface area contributed by atoms with Crippen LogP contribution in [0.4, 0.5) is 0 Å². The molecule has 0 aromatic rings. The van der Waals surface area contributed by atoms with Gasteiger partial charge in [-0.1, -0.05) is 13.8 Å². The van der Waals surface area contributed by atoms with Gasteiger partial charge in [0.15, 0.2) is 11.6 Å². The molecule has 1 saturated heterocycles. The number of aliphatic carboxylic acids is 1. The van der Waals surface area contributed by atoms with Crippen LogP contribution < -0.4 is 34.7 Å². The van der Waals surface area contributed by atoms with Crippen LogP contribution in [-0.4, -0.2) is 57.0 Å². The van der Waals surface area contributed by atoms with Gasteiger partial charge in [0, 0.05) is 6.42 Å². The Balaban J connectivity index is 0.00000484. The van der Waals surface area contributed by atoms with Crippen molar-refractivity contribution in [3.63, 3.8) is 0 Å². The van der Waals surface area contributed by atoms with Crippen molar-refractivity contribution in [2.24, 2.45) is 0 Å². The molecule has 1 aliphatic rings. The molecule has 0 aliphatic carbocycles. The number of hydrogen-bond acceptors (Lipinski definition) is 8. The van der Waals surface area contributed by atoms with Gasteiger partial charge in [0.2, 0.25) is 0 Å². The van der Waals surface area contributed by atoms with Gasteiger partial charge >= 0.3 is 29.6 Å². The fraction of sp³-hybridized carbons (Fsp3) is 0.857. The molecule has 0 unspecified atom stereocenters. The minimum absolute atomic E-state index is 0. The summed E-state index contributed by atoms with van der Waals surface area (Å²) in [6.07, 6.45) is -2.95. The monoisotopic (exact) mass is 374 g/mol. The molecule has 1 aliphatic heterocycles. The van der Waals surface area contributed by atoms with Crippen molar-refractivity contribution in [3.8, 4) is 0 Å². The fourth-order valence-electron chi connectivity index (χ4n) is 2.28. The van der Waals surface area contributed by atoms with E-state index in [-0.39, 0.29) is 34.1 Å². The van der Waals surface area contributed by atoms with E-state index in [2.05, 4.69) is 0 Å². The zero-order valence-electron chi connectivity index (χ0n) is 14.2. The molecule has 1 heterocycles.